The summed E-state index contributed by atoms with van der Waals surface area (Å²) >= 11 is 0. The summed E-state index contributed by atoms with van der Waals surface area (Å²) in [6, 6.07) is 2.11. The molecular formula is C12H15F2NO2. The van der Waals surface area contributed by atoms with E-state index >= 15 is 0 Å². The van der Waals surface area contributed by atoms with Gasteiger partial charge in [0.05, 0.1) is 0 Å². The Balaban J connectivity index is 2.82. The average molecular weight is 243 g/mol. The summed E-state index contributed by atoms with van der Waals surface area (Å²) in [5.74, 6) is -3.12. The summed E-state index contributed by atoms with van der Waals surface area (Å²) in [4.78, 5) is 11.0. The smallest absolute Gasteiger partial charge is 0.325 e. The van der Waals surface area contributed by atoms with Gasteiger partial charge in [-0.2, -0.15) is 0 Å². The normalized spacial score (nSPS) is 12.4. The van der Waals surface area contributed by atoms with Crippen LogP contribution in [0.25, 0.3) is 0 Å². The van der Waals surface area contributed by atoms with Crippen molar-refractivity contribution in [1.82, 2.24) is 5.32 Å². The lowest BCUT2D eigenvalue weighted by Gasteiger charge is -2.14. The summed E-state index contributed by atoms with van der Waals surface area (Å²) in [7, 11) is 0. The monoisotopic (exact) mass is 243 g/mol. The molecular weight excluding hydrogens is 228 g/mol. The molecule has 1 atom stereocenters. The molecule has 0 amide bonds. The van der Waals surface area contributed by atoms with Gasteiger partial charge in [0.25, 0.3) is 0 Å². The fraction of sp³-hybridized carbons (Fsp3) is 0.417. The highest BCUT2D eigenvalue weighted by atomic mass is 19.2. The van der Waals surface area contributed by atoms with Crippen LogP contribution in [0.1, 0.15) is 31.4 Å². The van der Waals surface area contributed by atoms with Gasteiger partial charge < -0.3 is 10.4 Å². The number of rotatable bonds is 6. The van der Waals surface area contributed by atoms with Crippen LogP contribution in [0.5, 0.6) is 0 Å². The summed E-state index contributed by atoms with van der Waals surface area (Å²) in [6.07, 6.45) is 1.75. The zero-order valence-corrected chi connectivity index (χ0v) is 9.54. The first kappa shape index (κ1) is 13.6. The van der Waals surface area contributed by atoms with Crippen molar-refractivity contribution in [3.05, 3.63) is 35.4 Å². The van der Waals surface area contributed by atoms with Crippen LogP contribution in [-0.4, -0.2) is 17.6 Å². The Morgan fingerprint density at radius 1 is 1.41 bits per heavy atom. The molecule has 0 heterocycles. The van der Waals surface area contributed by atoms with Crippen LogP contribution < -0.4 is 5.32 Å². The van der Waals surface area contributed by atoms with E-state index in [1.54, 1.807) is 0 Å². The summed E-state index contributed by atoms with van der Waals surface area (Å²) in [6.45, 7) is 2.50. The molecule has 3 nitrogen and oxygen atoms in total. The largest absolute Gasteiger partial charge is 0.480 e. The maximum atomic E-state index is 13.0. The Morgan fingerprint density at radius 2 is 2.12 bits per heavy atom. The van der Waals surface area contributed by atoms with Crippen molar-refractivity contribution in [2.75, 3.05) is 6.54 Å². The van der Waals surface area contributed by atoms with Gasteiger partial charge in [-0.1, -0.05) is 19.4 Å². The third kappa shape index (κ3) is 3.78. The van der Waals surface area contributed by atoms with Crippen molar-refractivity contribution >= 4 is 5.97 Å². The quantitative estimate of drug-likeness (QED) is 0.755. The van der Waals surface area contributed by atoms with E-state index < -0.39 is 23.6 Å². The van der Waals surface area contributed by atoms with Gasteiger partial charge in [-0.25, -0.2) is 8.78 Å². The Labute approximate surface area is 98.5 Å². The second-order valence-electron chi connectivity index (χ2n) is 3.75. The molecule has 1 aromatic carbocycles. The number of unbranched alkanes of at least 4 members (excludes halogenated alkanes) is 1. The van der Waals surface area contributed by atoms with Gasteiger partial charge in [-0.05, 0) is 30.7 Å². The van der Waals surface area contributed by atoms with Crippen molar-refractivity contribution in [1.29, 1.82) is 0 Å². The second kappa shape index (κ2) is 6.30. The predicted octanol–water partition coefficient (Wildman–Crippen LogP) is 2.48. The fourth-order valence-electron chi connectivity index (χ4n) is 1.46. The van der Waals surface area contributed by atoms with Crippen LogP contribution in [0, 0.1) is 11.6 Å². The minimum atomic E-state index is -1.10. The molecule has 0 saturated heterocycles. The number of benzene rings is 1. The molecule has 0 bridgehead atoms. The maximum Gasteiger partial charge on any atom is 0.325 e. The van der Waals surface area contributed by atoms with Crippen LogP contribution in [0.3, 0.4) is 0 Å². The highest BCUT2D eigenvalue weighted by Crippen LogP contribution is 2.16. The maximum absolute atomic E-state index is 13.0. The number of carboxylic acid groups (broad SMARTS) is 1. The molecule has 0 radical (unpaired) electrons. The number of hydrogen-bond donors (Lipinski definition) is 2. The molecule has 0 saturated carbocycles. The van der Waals surface area contributed by atoms with Gasteiger partial charge >= 0.3 is 5.97 Å². The first-order valence-electron chi connectivity index (χ1n) is 5.47. The number of carbonyl (C=O) groups is 1. The lowest BCUT2D eigenvalue weighted by molar-refractivity contribution is -0.139. The minimum Gasteiger partial charge on any atom is -0.480 e. The van der Waals surface area contributed by atoms with E-state index in [1.807, 2.05) is 6.92 Å². The minimum absolute atomic E-state index is 0.215. The highest BCUT2D eigenvalue weighted by Gasteiger charge is 2.20. The average Bonchev–Trinajstić information content (AvgIpc) is 2.28. The highest BCUT2D eigenvalue weighted by molar-refractivity contribution is 5.75. The predicted molar refractivity (Wildman–Crippen MR) is 59.6 cm³/mol. The second-order valence-corrected chi connectivity index (χ2v) is 3.75. The van der Waals surface area contributed by atoms with Gasteiger partial charge in [0.2, 0.25) is 0 Å². The molecule has 94 valence electrons. The van der Waals surface area contributed by atoms with Crippen LogP contribution in [0.15, 0.2) is 18.2 Å². The lowest BCUT2D eigenvalue weighted by Crippen LogP contribution is -2.29. The zero-order valence-electron chi connectivity index (χ0n) is 9.54. The number of nitrogens with one attached hydrogen (secondary N) is 1. The SMILES string of the molecule is CCCCNC(C(=O)O)c1ccc(F)c(F)c1. The Morgan fingerprint density at radius 3 is 2.65 bits per heavy atom. The van der Waals surface area contributed by atoms with Crippen molar-refractivity contribution in [2.24, 2.45) is 0 Å². The first-order valence-corrected chi connectivity index (χ1v) is 5.47. The molecule has 1 rings (SSSR count). The van der Waals surface area contributed by atoms with Crippen molar-refractivity contribution in [3.8, 4) is 0 Å². The van der Waals surface area contributed by atoms with E-state index in [4.69, 9.17) is 5.11 Å². The summed E-state index contributed by atoms with van der Waals surface area (Å²) < 4.78 is 25.7. The number of hydrogen-bond acceptors (Lipinski definition) is 2. The fourth-order valence-corrected chi connectivity index (χ4v) is 1.46. The van der Waals surface area contributed by atoms with E-state index in [0.717, 1.165) is 25.0 Å². The van der Waals surface area contributed by atoms with Crippen LogP contribution in [-0.2, 0) is 4.79 Å². The van der Waals surface area contributed by atoms with E-state index in [-0.39, 0.29) is 5.56 Å². The van der Waals surface area contributed by atoms with E-state index in [0.29, 0.717) is 6.54 Å². The molecule has 0 aromatic heterocycles. The van der Waals surface area contributed by atoms with Crippen LogP contribution in [0.4, 0.5) is 8.78 Å². The van der Waals surface area contributed by atoms with E-state index in [9.17, 15) is 13.6 Å². The lowest BCUT2D eigenvalue weighted by atomic mass is 10.1. The Bertz CT molecular complexity index is 396. The summed E-state index contributed by atoms with van der Waals surface area (Å²) in [5, 5.41) is 11.8. The molecule has 0 aliphatic rings. The summed E-state index contributed by atoms with van der Waals surface area (Å²) in [5.41, 5.74) is 0.215. The topological polar surface area (TPSA) is 49.3 Å². The number of carboxylic acids is 1. The van der Waals surface area contributed by atoms with Crippen molar-refractivity contribution in [3.63, 3.8) is 0 Å². The number of halogens is 2. The molecule has 2 N–H and O–H groups in total. The molecule has 0 fully saturated rings. The van der Waals surface area contributed by atoms with Gasteiger partial charge in [0.15, 0.2) is 11.6 Å². The van der Waals surface area contributed by atoms with Gasteiger partial charge in [0, 0.05) is 0 Å². The van der Waals surface area contributed by atoms with Gasteiger partial charge in [-0.15, -0.1) is 0 Å². The van der Waals surface area contributed by atoms with Gasteiger partial charge in [0.1, 0.15) is 6.04 Å². The molecule has 1 unspecified atom stereocenters. The standard InChI is InChI=1S/C12H15F2NO2/c1-2-3-6-15-11(12(16)17)8-4-5-9(13)10(14)7-8/h4-5,7,11,15H,2-3,6H2,1H3,(H,16,17). The van der Waals surface area contributed by atoms with E-state index in [1.165, 1.54) is 6.07 Å². The third-order valence-corrected chi connectivity index (χ3v) is 2.40. The van der Waals surface area contributed by atoms with Crippen LogP contribution in [0.2, 0.25) is 0 Å². The molecule has 1 aromatic rings. The zero-order chi connectivity index (χ0) is 12.8. The Hall–Kier alpha value is -1.49. The molecule has 17 heavy (non-hydrogen) atoms. The van der Waals surface area contributed by atoms with E-state index in [2.05, 4.69) is 5.32 Å². The van der Waals surface area contributed by atoms with Gasteiger partial charge in [-0.3, -0.25) is 4.79 Å². The molecule has 0 aliphatic heterocycles. The van der Waals surface area contributed by atoms with Crippen molar-refractivity contribution in [2.45, 2.75) is 25.8 Å². The van der Waals surface area contributed by atoms with Crippen LogP contribution >= 0.6 is 0 Å². The molecule has 0 spiro atoms. The Kier molecular flexibility index (Phi) is 5.03. The molecule has 0 aliphatic carbocycles. The molecule has 5 heteroatoms. The van der Waals surface area contributed by atoms with Crippen molar-refractivity contribution < 1.29 is 18.7 Å². The third-order valence-electron chi connectivity index (χ3n) is 2.40. The first-order chi connectivity index (χ1) is 8.06. The number of aliphatic carboxylic acids is 1.